The zero-order chi connectivity index (χ0) is 34.1. The van der Waals surface area contributed by atoms with Crippen LogP contribution < -0.4 is 4.90 Å². The average molecular weight is 677 g/mol. The highest BCUT2D eigenvalue weighted by atomic mass is 32.2. The van der Waals surface area contributed by atoms with Gasteiger partial charge in [-0.1, -0.05) is 25.1 Å². The zero-order valence-corrected chi connectivity index (χ0v) is 28.4. The molecule has 3 heterocycles. The van der Waals surface area contributed by atoms with Crippen LogP contribution in [0.4, 0.5) is 10.1 Å². The maximum Gasteiger partial charge on any atom is 0.305 e. The Bertz CT molecular complexity index is 1660. The molecule has 4 fully saturated rings. The maximum absolute atomic E-state index is 14.6. The fourth-order valence-corrected chi connectivity index (χ4v) is 10.3. The van der Waals surface area contributed by atoms with Crippen molar-refractivity contribution in [2.45, 2.75) is 54.2 Å². The van der Waals surface area contributed by atoms with Crippen LogP contribution in [0.5, 0.6) is 0 Å². The van der Waals surface area contributed by atoms with E-state index in [0.29, 0.717) is 12.3 Å². The molecule has 3 saturated heterocycles. The highest BCUT2D eigenvalue weighted by molar-refractivity contribution is 7.92. The van der Waals surface area contributed by atoms with E-state index in [1.165, 1.54) is 30.2 Å². The van der Waals surface area contributed by atoms with Crippen molar-refractivity contribution in [3.05, 3.63) is 84.0 Å². The van der Waals surface area contributed by atoms with Crippen LogP contribution in [0.25, 0.3) is 4.85 Å². The maximum atomic E-state index is 14.6. The number of amides is 1. The SMILES string of the molecule is [C-]#[N+][C@@](c1cccc(F)c1)(C1CCN(CC2CN(c3ccc(S(=O)(=O)C4CN(C(=O)C=C)C4)cc3)C2)CC1)[C@H]1CCC[C@@H]1CC(=O)OC. The van der Waals surface area contributed by atoms with Crippen LogP contribution in [-0.2, 0) is 29.7 Å². The summed E-state index contributed by atoms with van der Waals surface area (Å²) in [5.41, 5.74) is 0.858. The molecule has 4 aliphatic rings. The number of nitrogens with zero attached hydrogens (tertiary/aromatic N) is 4. The minimum Gasteiger partial charge on any atom is -0.469 e. The molecular formula is C37H45FN4O5S. The van der Waals surface area contributed by atoms with Crippen LogP contribution in [-0.4, -0.2) is 88.3 Å². The van der Waals surface area contributed by atoms with E-state index in [4.69, 9.17) is 11.3 Å². The third-order valence-corrected chi connectivity index (χ3v) is 13.4. The Morgan fingerprint density at radius 3 is 2.40 bits per heavy atom. The van der Waals surface area contributed by atoms with Crippen LogP contribution in [0.1, 0.15) is 44.1 Å². The average Bonchev–Trinajstić information content (AvgIpc) is 3.51. The number of methoxy groups -OCH3 is 1. The largest absolute Gasteiger partial charge is 0.469 e. The van der Waals surface area contributed by atoms with Gasteiger partial charge in [0.05, 0.1) is 12.0 Å². The highest BCUT2D eigenvalue weighted by Crippen LogP contribution is 2.54. The highest BCUT2D eigenvalue weighted by Gasteiger charge is 2.58. The number of likely N-dealkylation sites (tertiary alicyclic amines) is 2. The van der Waals surface area contributed by atoms with Gasteiger partial charge >= 0.3 is 5.97 Å². The Morgan fingerprint density at radius 1 is 1.06 bits per heavy atom. The Hall–Kier alpha value is -3.75. The molecule has 1 saturated carbocycles. The molecule has 0 N–H and O–H groups in total. The van der Waals surface area contributed by atoms with E-state index in [0.717, 1.165) is 76.1 Å². The molecule has 0 radical (unpaired) electrons. The van der Waals surface area contributed by atoms with Crippen molar-refractivity contribution in [3.63, 3.8) is 0 Å². The topological polar surface area (TPSA) is 91.6 Å². The summed E-state index contributed by atoms with van der Waals surface area (Å²) in [5.74, 6) is -0.269. The normalized spacial score (nSPS) is 23.9. The second-order valence-electron chi connectivity index (χ2n) is 14.0. The minimum absolute atomic E-state index is 0.0288. The minimum atomic E-state index is -3.50. The van der Waals surface area contributed by atoms with Gasteiger partial charge in [-0.2, -0.15) is 0 Å². The molecule has 9 nitrogen and oxygen atoms in total. The van der Waals surface area contributed by atoms with Crippen molar-refractivity contribution in [2.75, 3.05) is 57.8 Å². The Morgan fingerprint density at radius 2 is 1.77 bits per heavy atom. The first-order valence-corrected chi connectivity index (χ1v) is 18.6. The molecule has 2 aromatic carbocycles. The van der Waals surface area contributed by atoms with Gasteiger partial charge in [0.1, 0.15) is 11.1 Å². The number of carbonyl (C=O) groups excluding carboxylic acids is 2. The van der Waals surface area contributed by atoms with Gasteiger partial charge in [-0.25, -0.2) is 19.4 Å². The summed E-state index contributed by atoms with van der Waals surface area (Å²) in [6.07, 6.45) is 5.85. The van der Waals surface area contributed by atoms with Gasteiger partial charge in [-0.05, 0) is 87.2 Å². The first-order valence-electron chi connectivity index (χ1n) is 17.0. The van der Waals surface area contributed by atoms with Crippen molar-refractivity contribution in [3.8, 4) is 0 Å². The second kappa shape index (κ2) is 14.0. The number of ether oxygens (including phenoxy) is 1. The lowest BCUT2D eigenvalue weighted by atomic mass is 9.63. The summed E-state index contributed by atoms with van der Waals surface area (Å²) in [7, 11) is -2.10. The predicted molar refractivity (Wildman–Crippen MR) is 181 cm³/mol. The van der Waals surface area contributed by atoms with E-state index >= 15 is 0 Å². The van der Waals surface area contributed by atoms with Crippen LogP contribution in [0.3, 0.4) is 0 Å². The summed E-state index contributed by atoms with van der Waals surface area (Å²) < 4.78 is 45.6. The first-order chi connectivity index (χ1) is 23.1. The Kier molecular flexibility index (Phi) is 9.96. The standard InChI is InChI=1S/C37H45FN4O5S/c1-4-35(43)42-24-33(25-42)48(45,46)32-13-11-31(12-14-32)41-22-26(23-41)21-40-17-15-28(16-18-40)37(39-2,29-8-6-9-30(38)20-29)34-10-5-7-27(34)19-36(44)47-3/h4,6,8-9,11-14,20,26-28,33-34H,1,5,7,10,15-19,21-25H2,3H3/t27-,34+,37-/m1/s1. The van der Waals surface area contributed by atoms with Gasteiger partial charge in [0.25, 0.3) is 5.54 Å². The second-order valence-corrected chi connectivity index (χ2v) is 16.2. The third-order valence-electron chi connectivity index (χ3n) is 11.3. The molecule has 0 aromatic heterocycles. The van der Waals surface area contributed by atoms with Crippen molar-refractivity contribution in [2.24, 2.45) is 23.7 Å². The van der Waals surface area contributed by atoms with Crippen LogP contribution in [0, 0.1) is 36.1 Å². The van der Waals surface area contributed by atoms with Crippen LogP contribution in [0.15, 0.2) is 66.1 Å². The van der Waals surface area contributed by atoms with E-state index in [1.54, 1.807) is 18.2 Å². The monoisotopic (exact) mass is 676 g/mol. The molecule has 0 unspecified atom stereocenters. The number of carbonyl (C=O) groups is 2. The van der Waals surface area contributed by atoms with E-state index < -0.39 is 20.6 Å². The lowest BCUT2D eigenvalue weighted by molar-refractivity contribution is -0.142. The number of anilines is 1. The molecular weight excluding hydrogens is 631 g/mol. The Balaban J connectivity index is 1.05. The number of benzene rings is 2. The van der Waals surface area contributed by atoms with Crippen molar-refractivity contribution < 1.29 is 27.1 Å². The fourth-order valence-electron chi connectivity index (χ4n) is 8.69. The van der Waals surface area contributed by atoms with Crippen LogP contribution >= 0.6 is 0 Å². The molecule has 256 valence electrons. The van der Waals surface area contributed by atoms with Crippen molar-refractivity contribution in [1.82, 2.24) is 9.80 Å². The van der Waals surface area contributed by atoms with Crippen molar-refractivity contribution >= 4 is 27.4 Å². The number of esters is 1. The van der Waals surface area contributed by atoms with Crippen molar-refractivity contribution in [1.29, 1.82) is 0 Å². The molecule has 0 bridgehead atoms. The van der Waals surface area contributed by atoms with E-state index in [1.807, 2.05) is 18.2 Å². The molecule has 0 spiro atoms. The number of hydrogen-bond donors (Lipinski definition) is 0. The van der Waals surface area contributed by atoms with E-state index in [2.05, 4.69) is 21.2 Å². The lowest BCUT2D eigenvalue weighted by Gasteiger charge is -2.46. The first kappa shape index (κ1) is 34.1. The quantitative estimate of drug-likeness (QED) is 0.189. The third kappa shape index (κ3) is 6.49. The number of hydrogen-bond acceptors (Lipinski definition) is 7. The molecule has 48 heavy (non-hydrogen) atoms. The van der Waals surface area contributed by atoms with Crippen LogP contribution in [0.2, 0.25) is 0 Å². The number of piperidine rings is 1. The summed E-state index contributed by atoms with van der Waals surface area (Å²) in [4.78, 5) is 34.9. The number of halogens is 1. The fraction of sp³-hybridized carbons (Fsp3) is 0.541. The van der Waals surface area contributed by atoms with Gasteiger partial charge in [0.2, 0.25) is 5.91 Å². The molecule has 11 heteroatoms. The molecule has 6 rings (SSSR count). The summed E-state index contributed by atoms with van der Waals surface area (Å²) in [5, 5.41) is -0.585. The predicted octanol–water partition coefficient (Wildman–Crippen LogP) is 4.94. The van der Waals surface area contributed by atoms with Gasteiger partial charge in [0, 0.05) is 68.1 Å². The summed E-state index contributed by atoms with van der Waals surface area (Å²) >= 11 is 0. The van der Waals surface area contributed by atoms with Gasteiger partial charge in [-0.15, -0.1) is 0 Å². The number of rotatable bonds is 11. The van der Waals surface area contributed by atoms with Gasteiger partial charge in [0.15, 0.2) is 9.84 Å². The van der Waals surface area contributed by atoms with Gasteiger partial charge < -0.3 is 24.3 Å². The summed E-state index contributed by atoms with van der Waals surface area (Å²) in [6.45, 7) is 16.9. The number of sulfone groups is 1. The van der Waals surface area contributed by atoms with E-state index in [-0.39, 0.29) is 53.4 Å². The van der Waals surface area contributed by atoms with E-state index in [9.17, 15) is 22.4 Å². The Labute approximate surface area is 283 Å². The molecule has 2 aromatic rings. The smallest absolute Gasteiger partial charge is 0.305 e. The summed E-state index contributed by atoms with van der Waals surface area (Å²) in [6, 6.07) is 13.6. The lowest BCUT2D eigenvalue weighted by Crippen LogP contribution is -2.56. The molecule has 3 aliphatic heterocycles. The van der Waals surface area contributed by atoms with Gasteiger partial charge in [-0.3, -0.25) is 9.59 Å². The molecule has 1 amide bonds. The zero-order valence-electron chi connectivity index (χ0n) is 27.6. The molecule has 1 aliphatic carbocycles. The molecule has 3 atom stereocenters.